The second kappa shape index (κ2) is 28.2. The minimum Gasteiger partial charge on any atom is -0.456 e. The molecule has 6 rings (SSSR count). The van der Waals surface area contributed by atoms with Crippen LogP contribution in [0.1, 0.15) is 131 Å². The number of methoxy groups -OCH3 is 3. The number of hydrogen-bond donors (Lipinski definition) is 2. The molecule has 418 valence electrons. The van der Waals surface area contributed by atoms with E-state index in [2.05, 4.69) is 16.7 Å². The van der Waals surface area contributed by atoms with Crippen LogP contribution in [0.15, 0.2) is 35.5 Å². The van der Waals surface area contributed by atoms with Gasteiger partial charge in [0.1, 0.15) is 30.1 Å². The standard InChI is InChI=1S/C57H92N4O13/c1-10-11-12-17-43-31-37(2)30-38(3)32-49(70-8)52-50(71-9)34-40(5)57(68,74-52)53(64)54(65)61-23-14-13-18-44(61)55(66)73-51(41(6)45(62)36-46(43)63)39(4)33-42-19-20-47(48(35-42)69-7)72-56(67)60-28-26-59(27-29-60)25-24-58-21-15-16-22-58/h11-12,31,33,38,40-45,47-52,62,68H,10,13-30,32,34-36H2,1-9H3/b12-11+,37-31+,39-33+/t38-,40+,41+,42-,43+,44-,45-,47+,48+,49-,50-,51+,52+,57+/m0/s1. The van der Waals surface area contributed by atoms with Gasteiger partial charge in [-0.3, -0.25) is 19.3 Å². The van der Waals surface area contributed by atoms with Gasteiger partial charge < -0.3 is 53.3 Å². The number of carbonyl (C=O) groups is 5. The molecule has 5 aliphatic heterocycles. The molecule has 17 heteroatoms. The number of fused-ring (bicyclic) bond motifs is 3. The highest BCUT2D eigenvalue weighted by Crippen LogP contribution is 2.40. The first kappa shape index (κ1) is 59.7. The van der Waals surface area contributed by atoms with Crippen molar-refractivity contribution in [1.29, 1.82) is 0 Å². The van der Waals surface area contributed by atoms with E-state index in [4.69, 9.17) is 28.4 Å². The van der Waals surface area contributed by atoms with Crippen molar-refractivity contribution >= 4 is 29.5 Å². The summed E-state index contributed by atoms with van der Waals surface area (Å²) in [6, 6.07) is -1.17. The number of amides is 2. The molecule has 1 saturated carbocycles. The van der Waals surface area contributed by atoms with E-state index in [1.54, 1.807) is 25.9 Å². The molecule has 0 radical (unpaired) electrons. The molecule has 6 aliphatic rings. The lowest BCUT2D eigenvalue weighted by atomic mass is 9.81. The molecule has 0 unspecified atom stereocenters. The predicted octanol–water partition coefficient (Wildman–Crippen LogP) is 6.28. The van der Waals surface area contributed by atoms with Gasteiger partial charge in [0.05, 0.1) is 24.4 Å². The largest absolute Gasteiger partial charge is 0.456 e. The molecular weight excluding hydrogens is 949 g/mol. The monoisotopic (exact) mass is 1040 g/mol. The molecule has 17 nitrogen and oxygen atoms in total. The first-order valence-corrected chi connectivity index (χ1v) is 28.1. The average Bonchev–Trinajstić information content (AvgIpc) is 3.92. The van der Waals surface area contributed by atoms with E-state index >= 15 is 0 Å². The number of rotatable bonds is 12. The Morgan fingerprint density at radius 3 is 2.11 bits per heavy atom. The Balaban J connectivity index is 1.24. The molecule has 5 heterocycles. The molecule has 4 saturated heterocycles. The number of allylic oxidation sites excluding steroid dienone is 5. The summed E-state index contributed by atoms with van der Waals surface area (Å²) < 4.78 is 36.7. The molecule has 0 aromatic carbocycles. The Hall–Kier alpha value is -3.55. The SMILES string of the molecule is CC/C=C/C[C@@H]1/C=C(\C)C[C@H](C)C[C@H](OC)[C@H]2O[C@@](O)(C(=O)C(=O)N3CCCC[C@H]3C(=O)O[C@H](/C(C)=C/[C@@H]3CC[C@@H](OC(=O)N4CCN(CCN5CCCC5)CC4)[C@H](OC)C3)[C@H](C)[C@@H](O)CC1=O)[C@H](C)C[C@@H]2OC. The number of aliphatic hydroxyl groups excluding tert-OH is 1. The second-order valence-corrected chi connectivity index (χ2v) is 22.6. The smallest absolute Gasteiger partial charge is 0.410 e. The zero-order valence-electron chi connectivity index (χ0n) is 46.3. The van der Waals surface area contributed by atoms with Crippen molar-refractivity contribution in [1.82, 2.24) is 19.6 Å². The van der Waals surface area contributed by atoms with Gasteiger partial charge in [-0.15, -0.1) is 0 Å². The van der Waals surface area contributed by atoms with Gasteiger partial charge in [-0.05, 0) is 128 Å². The molecule has 14 atom stereocenters. The lowest BCUT2D eigenvalue weighted by Crippen LogP contribution is -2.64. The summed E-state index contributed by atoms with van der Waals surface area (Å²) in [5.41, 5.74) is 1.63. The van der Waals surface area contributed by atoms with Crippen LogP contribution in [0.5, 0.6) is 0 Å². The number of carbonyl (C=O) groups excluding carboxylic acids is 5. The summed E-state index contributed by atoms with van der Waals surface area (Å²) in [7, 11) is 4.69. The van der Waals surface area contributed by atoms with Crippen molar-refractivity contribution in [3.05, 3.63) is 35.5 Å². The number of aliphatic hydroxyl groups is 2. The summed E-state index contributed by atoms with van der Waals surface area (Å²) in [6.07, 6.45) is 10.4. The highest BCUT2D eigenvalue weighted by molar-refractivity contribution is 6.39. The quantitative estimate of drug-likeness (QED) is 0.126. The number of likely N-dealkylation sites (tertiary alicyclic amines) is 1. The third-order valence-electron chi connectivity index (χ3n) is 17.0. The highest BCUT2D eigenvalue weighted by Gasteiger charge is 2.57. The van der Waals surface area contributed by atoms with Gasteiger partial charge >= 0.3 is 12.1 Å². The van der Waals surface area contributed by atoms with Crippen LogP contribution in [-0.2, 0) is 47.6 Å². The lowest BCUT2D eigenvalue weighted by Gasteiger charge is -2.47. The van der Waals surface area contributed by atoms with Crippen LogP contribution in [-0.4, -0.2) is 194 Å². The van der Waals surface area contributed by atoms with Crippen LogP contribution in [0.4, 0.5) is 4.79 Å². The van der Waals surface area contributed by atoms with E-state index in [-0.39, 0.29) is 49.5 Å². The first-order valence-electron chi connectivity index (χ1n) is 28.1. The predicted molar refractivity (Wildman–Crippen MR) is 280 cm³/mol. The number of Topliss-reactive ketones (excluding diaryl/α,β-unsaturated/α-hetero) is 2. The molecule has 2 N–H and O–H groups in total. The molecular formula is C57H92N4O13. The van der Waals surface area contributed by atoms with Gasteiger partial charge in [0, 0.05) is 91.3 Å². The van der Waals surface area contributed by atoms with Crippen LogP contribution >= 0.6 is 0 Å². The lowest BCUT2D eigenvalue weighted by molar-refractivity contribution is -0.302. The third kappa shape index (κ3) is 15.3. The first-order chi connectivity index (χ1) is 35.4. The van der Waals surface area contributed by atoms with Crippen molar-refractivity contribution in [2.45, 2.75) is 186 Å². The van der Waals surface area contributed by atoms with E-state index in [9.17, 15) is 34.2 Å². The number of cyclic esters (lactones) is 1. The topological polar surface area (TPSA) is 194 Å². The Kier molecular flexibility index (Phi) is 22.7. The number of ketones is 2. The number of esters is 1. The van der Waals surface area contributed by atoms with Gasteiger partial charge in [0.25, 0.3) is 11.7 Å². The van der Waals surface area contributed by atoms with Crippen LogP contribution < -0.4 is 0 Å². The Bertz CT molecular complexity index is 1970. The highest BCUT2D eigenvalue weighted by atomic mass is 16.7. The van der Waals surface area contributed by atoms with Crippen molar-refractivity contribution in [3.63, 3.8) is 0 Å². The van der Waals surface area contributed by atoms with Crippen LogP contribution in [0.3, 0.4) is 0 Å². The zero-order chi connectivity index (χ0) is 53.7. The van der Waals surface area contributed by atoms with Crippen molar-refractivity contribution in [2.24, 2.45) is 29.6 Å². The maximum absolute atomic E-state index is 14.7. The fourth-order valence-corrected chi connectivity index (χ4v) is 12.4. The molecule has 5 fully saturated rings. The third-order valence-corrected chi connectivity index (χ3v) is 17.0. The molecule has 2 bridgehead atoms. The summed E-state index contributed by atoms with van der Waals surface area (Å²) in [5.74, 6) is -7.86. The summed E-state index contributed by atoms with van der Waals surface area (Å²) in [4.78, 5) is 79.4. The second-order valence-electron chi connectivity index (χ2n) is 22.6. The number of nitrogens with zero attached hydrogens (tertiary/aromatic N) is 4. The number of piperidine rings is 1. The molecule has 0 aromatic rings. The minimum absolute atomic E-state index is 0.00127. The fraction of sp³-hybridized carbons (Fsp3) is 0.807. The molecule has 0 aromatic heterocycles. The fourth-order valence-electron chi connectivity index (χ4n) is 12.4. The van der Waals surface area contributed by atoms with Gasteiger partial charge in [-0.1, -0.05) is 57.6 Å². The maximum atomic E-state index is 14.7. The van der Waals surface area contributed by atoms with Crippen molar-refractivity contribution in [3.8, 4) is 0 Å². The van der Waals surface area contributed by atoms with E-state index in [0.29, 0.717) is 70.0 Å². The average molecular weight is 1040 g/mol. The number of ether oxygens (including phenoxy) is 6. The van der Waals surface area contributed by atoms with Crippen LogP contribution in [0.2, 0.25) is 0 Å². The van der Waals surface area contributed by atoms with Crippen LogP contribution in [0, 0.1) is 29.6 Å². The van der Waals surface area contributed by atoms with Gasteiger partial charge in [-0.25, -0.2) is 9.59 Å². The zero-order valence-corrected chi connectivity index (χ0v) is 46.3. The van der Waals surface area contributed by atoms with E-state index < -0.39 is 90.0 Å². The van der Waals surface area contributed by atoms with Crippen LogP contribution in [0.25, 0.3) is 0 Å². The molecule has 1 aliphatic carbocycles. The van der Waals surface area contributed by atoms with Gasteiger partial charge in [0.15, 0.2) is 0 Å². The van der Waals surface area contributed by atoms with Crippen molar-refractivity contribution in [2.75, 3.05) is 80.2 Å². The van der Waals surface area contributed by atoms with E-state index in [0.717, 1.165) is 38.2 Å². The summed E-state index contributed by atoms with van der Waals surface area (Å²) in [5, 5.41) is 24.3. The molecule has 0 spiro atoms. The van der Waals surface area contributed by atoms with E-state index in [1.165, 1.54) is 45.1 Å². The molecule has 74 heavy (non-hydrogen) atoms. The van der Waals surface area contributed by atoms with Crippen molar-refractivity contribution < 1.29 is 62.6 Å². The minimum atomic E-state index is -2.53. The normalized spacial score (nSPS) is 37.3. The van der Waals surface area contributed by atoms with E-state index in [1.807, 2.05) is 45.1 Å². The number of hydrogen-bond acceptors (Lipinski definition) is 15. The maximum Gasteiger partial charge on any atom is 0.410 e. The molecule has 2 amide bonds. The summed E-state index contributed by atoms with van der Waals surface area (Å²) in [6.45, 7) is 18.6. The Labute approximate surface area is 441 Å². The number of piperazine rings is 1. The summed E-state index contributed by atoms with van der Waals surface area (Å²) >= 11 is 0. The van der Waals surface area contributed by atoms with Gasteiger partial charge in [0.2, 0.25) is 5.79 Å². The Morgan fingerprint density at radius 2 is 1.45 bits per heavy atom. The Morgan fingerprint density at radius 1 is 0.797 bits per heavy atom. The van der Waals surface area contributed by atoms with Gasteiger partial charge in [-0.2, -0.15) is 0 Å².